The minimum Gasteiger partial charge on any atom is -0.405 e. The average molecular weight is 623 g/mol. The van der Waals surface area contributed by atoms with Crippen LogP contribution in [-0.4, -0.2) is 37.4 Å². The monoisotopic (exact) mass is 622 g/mol. The largest absolute Gasteiger partial charge is 0.405 e. The first-order valence-corrected chi connectivity index (χ1v) is 17.0. The van der Waals surface area contributed by atoms with E-state index in [2.05, 4.69) is 91.0 Å². The number of nitrogens with two attached hydrogens (primary N) is 1. The van der Waals surface area contributed by atoms with Crippen molar-refractivity contribution >= 4 is 18.0 Å². The van der Waals surface area contributed by atoms with Crippen molar-refractivity contribution in [3.8, 4) is 22.8 Å². The first kappa shape index (κ1) is 29.9. The van der Waals surface area contributed by atoms with Crippen molar-refractivity contribution in [1.29, 1.82) is 0 Å². The highest BCUT2D eigenvalue weighted by molar-refractivity contribution is 8.03. The van der Waals surface area contributed by atoms with Gasteiger partial charge in [-0.25, -0.2) is 15.0 Å². The van der Waals surface area contributed by atoms with Gasteiger partial charge in [-0.2, -0.15) is 0 Å². The Morgan fingerprint density at radius 2 is 1.65 bits per heavy atom. The molecule has 1 aromatic heterocycles. The number of rotatable bonds is 6. The molecule has 230 valence electrons. The standard InChI is InChI=1S/C39H38N6S/c1-3-14-29-25-46-33-22-11-10-21-32(33)45(29)36-30(19-12-23-40)26(2)34(31-20-13-24-41-35(31)36)39-43-37(27-15-6-4-7-16-27)42-38(44-39)28-17-8-5-9-18-28/h3-9,11-20,22-26,31-34H,10,21,40H2,1-2H3/b14-3-,23-12-,30-19+. The summed E-state index contributed by atoms with van der Waals surface area (Å²) in [5.41, 5.74) is 12.5. The Balaban J connectivity index is 1.45. The highest BCUT2D eigenvalue weighted by Gasteiger charge is 2.46. The second-order valence-electron chi connectivity index (χ2n) is 11.9. The molecule has 7 heteroatoms. The molecule has 6 nitrogen and oxygen atoms in total. The lowest BCUT2D eigenvalue weighted by atomic mass is 9.69. The smallest absolute Gasteiger partial charge is 0.163 e. The van der Waals surface area contributed by atoms with Gasteiger partial charge in [-0.3, -0.25) is 4.99 Å². The second-order valence-corrected chi connectivity index (χ2v) is 13.0. The van der Waals surface area contributed by atoms with Crippen molar-refractivity contribution in [3.05, 3.63) is 149 Å². The molecule has 2 N–H and O–H groups in total. The first-order chi connectivity index (χ1) is 22.7. The van der Waals surface area contributed by atoms with Crippen LogP contribution in [0.1, 0.15) is 38.4 Å². The summed E-state index contributed by atoms with van der Waals surface area (Å²) < 4.78 is 0. The van der Waals surface area contributed by atoms with E-state index >= 15 is 0 Å². The molecule has 0 saturated heterocycles. The highest BCUT2D eigenvalue weighted by atomic mass is 32.2. The van der Waals surface area contributed by atoms with Crippen molar-refractivity contribution in [2.24, 2.45) is 22.6 Å². The predicted molar refractivity (Wildman–Crippen MR) is 190 cm³/mol. The van der Waals surface area contributed by atoms with Crippen LogP contribution in [0.15, 0.2) is 149 Å². The number of hydrogen-bond acceptors (Lipinski definition) is 7. The summed E-state index contributed by atoms with van der Waals surface area (Å²) >= 11 is 1.91. The van der Waals surface area contributed by atoms with Gasteiger partial charge >= 0.3 is 0 Å². The highest BCUT2D eigenvalue weighted by Crippen LogP contribution is 2.52. The Morgan fingerprint density at radius 1 is 0.935 bits per heavy atom. The van der Waals surface area contributed by atoms with E-state index in [1.54, 1.807) is 6.20 Å². The number of hydrogen-bond donors (Lipinski definition) is 1. The molecule has 7 rings (SSSR count). The third kappa shape index (κ3) is 5.60. The third-order valence-electron chi connectivity index (χ3n) is 9.14. The van der Waals surface area contributed by atoms with Crippen molar-refractivity contribution < 1.29 is 0 Å². The number of aliphatic imine (C=N–C) groups is 1. The van der Waals surface area contributed by atoms with E-state index in [0.29, 0.717) is 22.9 Å². The minimum atomic E-state index is -0.0758. The van der Waals surface area contributed by atoms with Crippen LogP contribution in [0, 0.1) is 11.8 Å². The van der Waals surface area contributed by atoms with Gasteiger partial charge in [0.1, 0.15) is 5.82 Å². The van der Waals surface area contributed by atoms with Gasteiger partial charge in [0, 0.05) is 40.1 Å². The molecule has 0 saturated carbocycles. The van der Waals surface area contributed by atoms with Gasteiger partial charge < -0.3 is 10.6 Å². The molecule has 46 heavy (non-hydrogen) atoms. The Labute approximate surface area is 275 Å². The van der Waals surface area contributed by atoms with Crippen LogP contribution < -0.4 is 5.73 Å². The Hall–Kier alpha value is -4.75. The molecule has 0 amide bonds. The van der Waals surface area contributed by atoms with E-state index in [-0.39, 0.29) is 17.8 Å². The number of aromatic nitrogens is 3. The molecule has 0 bridgehead atoms. The summed E-state index contributed by atoms with van der Waals surface area (Å²) in [6, 6.07) is 20.7. The van der Waals surface area contributed by atoms with Crippen molar-refractivity contribution in [3.63, 3.8) is 0 Å². The fourth-order valence-electron chi connectivity index (χ4n) is 7.04. The molecular formula is C39H38N6S. The maximum atomic E-state index is 5.98. The van der Waals surface area contributed by atoms with Crippen molar-refractivity contribution in [1.82, 2.24) is 19.9 Å². The lowest BCUT2D eigenvalue weighted by Crippen LogP contribution is -2.46. The fourth-order valence-corrected chi connectivity index (χ4v) is 8.17. The second kappa shape index (κ2) is 13.3. The lowest BCUT2D eigenvalue weighted by Gasteiger charge is -2.48. The first-order valence-electron chi connectivity index (χ1n) is 16.0. The molecular weight excluding hydrogens is 585 g/mol. The lowest BCUT2D eigenvalue weighted by molar-refractivity contribution is 0.278. The van der Waals surface area contributed by atoms with Gasteiger partial charge in [0.15, 0.2) is 11.6 Å². The van der Waals surface area contributed by atoms with E-state index in [4.69, 9.17) is 25.7 Å². The zero-order valence-corrected chi connectivity index (χ0v) is 27.0. The molecule has 5 atom stereocenters. The topological polar surface area (TPSA) is 80.3 Å². The number of fused-ring (bicyclic) bond motifs is 2. The van der Waals surface area contributed by atoms with Gasteiger partial charge in [-0.1, -0.05) is 98.0 Å². The summed E-state index contributed by atoms with van der Waals surface area (Å²) in [5.74, 6) is 2.06. The molecule has 3 heterocycles. The van der Waals surface area contributed by atoms with Crippen molar-refractivity contribution in [2.45, 2.75) is 43.9 Å². The fraction of sp³-hybridized carbons (Fsp3) is 0.231. The van der Waals surface area contributed by atoms with Crippen LogP contribution in [0.3, 0.4) is 0 Å². The van der Waals surface area contributed by atoms with Crippen LogP contribution in [-0.2, 0) is 0 Å². The van der Waals surface area contributed by atoms with Gasteiger partial charge in [-0.15, -0.1) is 11.8 Å². The van der Waals surface area contributed by atoms with Gasteiger partial charge in [0.2, 0.25) is 0 Å². The minimum absolute atomic E-state index is 0.0253. The molecule has 3 aromatic rings. The Bertz CT molecular complexity index is 1770. The van der Waals surface area contributed by atoms with E-state index in [1.165, 1.54) is 17.0 Å². The molecule has 5 unspecified atom stereocenters. The molecule has 2 aromatic carbocycles. The van der Waals surface area contributed by atoms with Crippen LogP contribution >= 0.6 is 11.8 Å². The summed E-state index contributed by atoms with van der Waals surface area (Å²) in [4.78, 5) is 23.1. The van der Waals surface area contributed by atoms with E-state index in [9.17, 15) is 0 Å². The number of dihydropyridines is 1. The normalized spacial score (nSPS) is 26.6. The molecule has 0 fully saturated rings. The van der Waals surface area contributed by atoms with Gasteiger partial charge in [-0.05, 0) is 61.1 Å². The Morgan fingerprint density at radius 3 is 2.33 bits per heavy atom. The molecule has 4 aliphatic rings. The summed E-state index contributed by atoms with van der Waals surface area (Å²) in [7, 11) is 0. The predicted octanol–water partition coefficient (Wildman–Crippen LogP) is 8.36. The van der Waals surface area contributed by atoms with Gasteiger partial charge in [0.05, 0.1) is 17.4 Å². The van der Waals surface area contributed by atoms with Crippen LogP contribution in [0.5, 0.6) is 0 Å². The summed E-state index contributed by atoms with van der Waals surface area (Å²) in [6.45, 7) is 4.38. The molecule has 0 radical (unpaired) electrons. The van der Waals surface area contributed by atoms with E-state index in [1.807, 2.05) is 60.5 Å². The van der Waals surface area contributed by atoms with Crippen LogP contribution in [0.25, 0.3) is 22.8 Å². The molecule has 2 aliphatic carbocycles. The van der Waals surface area contributed by atoms with Crippen LogP contribution in [0.4, 0.5) is 0 Å². The zero-order chi connectivity index (χ0) is 31.5. The number of allylic oxidation sites excluding steroid dienone is 8. The third-order valence-corrected chi connectivity index (χ3v) is 10.3. The van der Waals surface area contributed by atoms with E-state index < -0.39 is 0 Å². The van der Waals surface area contributed by atoms with Crippen molar-refractivity contribution in [2.75, 3.05) is 0 Å². The number of nitrogens with zero attached hydrogens (tertiary/aromatic N) is 5. The number of benzene rings is 2. The SMILES string of the molecule is C/C=C\C1=CSC2C=CCCC2N1C1=C2N=CC=CC2C(c2nc(-c3ccccc3)nc(-c3ccccc3)n2)C(C)/C1=C\C=C/N. The molecule has 2 aliphatic heterocycles. The van der Waals surface area contributed by atoms with Crippen LogP contribution in [0.2, 0.25) is 0 Å². The number of thioether (sulfide) groups is 1. The van der Waals surface area contributed by atoms with E-state index in [0.717, 1.165) is 35.5 Å². The summed E-state index contributed by atoms with van der Waals surface area (Å²) in [6.07, 6.45) is 23.2. The quantitative estimate of drug-likeness (QED) is 0.278. The average Bonchev–Trinajstić information content (AvgIpc) is 3.11. The Kier molecular flexibility index (Phi) is 8.66. The van der Waals surface area contributed by atoms with Gasteiger partial charge in [0.25, 0.3) is 0 Å². The zero-order valence-electron chi connectivity index (χ0n) is 26.1. The molecule has 0 spiro atoms. The maximum Gasteiger partial charge on any atom is 0.163 e. The summed E-state index contributed by atoms with van der Waals surface area (Å²) in [5, 5.41) is 2.68. The maximum absolute atomic E-state index is 5.98.